The molecule has 1 fully saturated rings. The normalized spacial score (nSPS) is 16.7. The van der Waals surface area contributed by atoms with E-state index in [9.17, 15) is 9.59 Å². The van der Waals surface area contributed by atoms with E-state index in [0.29, 0.717) is 42.8 Å². The van der Waals surface area contributed by atoms with Crippen molar-refractivity contribution < 1.29 is 14.0 Å². The summed E-state index contributed by atoms with van der Waals surface area (Å²) in [5, 5.41) is 3.03. The predicted octanol–water partition coefficient (Wildman–Crippen LogP) is 4.31. The first kappa shape index (κ1) is 24.1. The quantitative estimate of drug-likeness (QED) is 0.560. The van der Waals surface area contributed by atoms with Gasteiger partial charge in [-0.3, -0.25) is 9.59 Å². The summed E-state index contributed by atoms with van der Waals surface area (Å²) in [4.78, 5) is 29.9. The lowest BCUT2D eigenvalue weighted by atomic mass is 10.0. The van der Waals surface area contributed by atoms with Crippen molar-refractivity contribution in [1.29, 1.82) is 0 Å². The summed E-state index contributed by atoms with van der Waals surface area (Å²) in [5.74, 6) is 1.21. The van der Waals surface area contributed by atoms with E-state index in [0.717, 1.165) is 18.5 Å². The Labute approximate surface area is 192 Å². The molecule has 2 aromatic rings. The van der Waals surface area contributed by atoms with Crippen molar-refractivity contribution in [2.45, 2.75) is 65.5 Å². The highest BCUT2D eigenvalue weighted by Crippen LogP contribution is 2.18. The molecule has 6 heteroatoms. The second-order valence-electron chi connectivity index (χ2n) is 8.87. The molecule has 0 spiro atoms. The van der Waals surface area contributed by atoms with Crippen molar-refractivity contribution in [3.63, 3.8) is 0 Å². The molecule has 0 aliphatic carbocycles. The number of furan rings is 1. The number of hydrogen-bond donors (Lipinski definition) is 1. The summed E-state index contributed by atoms with van der Waals surface area (Å²) in [5.41, 5.74) is 1.60. The number of piperidine rings is 1. The fraction of sp³-hybridized carbons (Fsp3) is 0.538. The van der Waals surface area contributed by atoms with E-state index in [4.69, 9.17) is 4.42 Å². The third-order valence-corrected chi connectivity index (χ3v) is 6.27. The maximum absolute atomic E-state index is 13.2. The predicted molar refractivity (Wildman–Crippen MR) is 126 cm³/mol. The van der Waals surface area contributed by atoms with Crippen molar-refractivity contribution >= 4 is 11.8 Å². The molecule has 6 nitrogen and oxygen atoms in total. The van der Waals surface area contributed by atoms with E-state index in [2.05, 4.69) is 17.1 Å². The number of carbonyl (C=O) groups is 2. The molecule has 1 N–H and O–H groups in total. The molecule has 3 rings (SSSR count). The highest BCUT2D eigenvalue weighted by molar-refractivity contribution is 5.95. The summed E-state index contributed by atoms with van der Waals surface area (Å²) in [6.07, 6.45) is 5.11. The average molecular weight is 440 g/mol. The molecule has 2 heterocycles. The van der Waals surface area contributed by atoms with Crippen LogP contribution >= 0.6 is 0 Å². The number of nitrogens with one attached hydrogen (secondary N) is 1. The largest absolute Gasteiger partial charge is 0.466 e. The molecule has 1 aliphatic heterocycles. The van der Waals surface area contributed by atoms with Gasteiger partial charge in [-0.1, -0.05) is 36.8 Å². The maximum atomic E-state index is 13.2. The summed E-state index contributed by atoms with van der Waals surface area (Å²) in [6, 6.07) is 12.3. The van der Waals surface area contributed by atoms with Crippen LogP contribution in [0.5, 0.6) is 0 Å². The molecular weight excluding hydrogens is 402 g/mol. The minimum absolute atomic E-state index is 0.0114. The number of carbonyl (C=O) groups excluding carboxylic acids is 2. The topological polar surface area (TPSA) is 65.8 Å². The van der Waals surface area contributed by atoms with Crippen LogP contribution < -0.4 is 5.32 Å². The lowest BCUT2D eigenvalue weighted by Gasteiger charge is -2.33. The van der Waals surface area contributed by atoms with E-state index in [1.54, 1.807) is 17.9 Å². The molecule has 2 amide bonds. The highest BCUT2D eigenvalue weighted by atomic mass is 16.3. The fourth-order valence-electron chi connectivity index (χ4n) is 4.39. The molecule has 1 saturated heterocycles. The number of hydrogen-bond acceptors (Lipinski definition) is 4. The molecule has 1 aromatic heterocycles. The molecule has 0 saturated carbocycles. The Hall–Kier alpha value is -2.60. The van der Waals surface area contributed by atoms with Gasteiger partial charge in [0.05, 0.1) is 5.56 Å². The SMILES string of the molecule is Cc1cc(C(=O)N(CCC(=O)NCCCN2CCCCC2C)Cc2ccccc2)c(C)o1. The second-order valence-corrected chi connectivity index (χ2v) is 8.87. The highest BCUT2D eigenvalue weighted by Gasteiger charge is 2.22. The Bertz CT molecular complexity index is 878. The Kier molecular flexibility index (Phi) is 8.91. The van der Waals surface area contributed by atoms with Crippen LogP contribution in [-0.2, 0) is 11.3 Å². The molecule has 1 aromatic carbocycles. The van der Waals surface area contributed by atoms with Crippen molar-refractivity contribution in [2.24, 2.45) is 0 Å². The van der Waals surface area contributed by atoms with Gasteiger partial charge in [0.2, 0.25) is 5.91 Å². The minimum Gasteiger partial charge on any atom is -0.466 e. The molecule has 1 atom stereocenters. The van der Waals surface area contributed by atoms with Crippen LogP contribution in [-0.4, -0.2) is 53.8 Å². The Morgan fingerprint density at radius 2 is 1.97 bits per heavy atom. The summed E-state index contributed by atoms with van der Waals surface area (Å²) >= 11 is 0. The molecule has 1 aliphatic rings. The van der Waals surface area contributed by atoms with E-state index in [-0.39, 0.29) is 18.2 Å². The second kappa shape index (κ2) is 11.9. The van der Waals surface area contributed by atoms with Gasteiger partial charge < -0.3 is 19.5 Å². The Morgan fingerprint density at radius 1 is 1.19 bits per heavy atom. The minimum atomic E-state index is -0.102. The van der Waals surface area contributed by atoms with Crippen LogP contribution in [0.15, 0.2) is 40.8 Å². The zero-order valence-electron chi connectivity index (χ0n) is 19.7. The van der Waals surface area contributed by atoms with Gasteiger partial charge in [0.25, 0.3) is 5.91 Å². The molecule has 32 heavy (non-hydrogen) atoms. The van der Waals surface area contributed by atoms with Crippen LogP contribution in [0.4, 0.5) is 0 Å². The van der Waals surface area contributed by atoms with Crippen molar-refractivity contribution in [3.05, 3.63) is 59.0 Å². The van der Waals surface area contributed by atoms with Gasteiger partial charge in [0.1, 0.15) is 11.5 Å². The summed E-state index contributed by atoms with van der Waals surface area (Å²) in [7, 11) is 0. The summed E-state index contributed by atoms with van der Waals surface area (Å²) < 4.78 is 5.55. The van der Waals surface area contributed by atoms with Gasteiger partial charge in [-0.25, -0.2) is 0 Å². The van der Waals surface area contributed by atoms with Crippen LogP contribution in [0.2, 0.25) is 0 Å². The smallest absolute Gasteiger partial charge is 0.257 e. The zero-order chi connectivity index (χ0) is 22.9. The number of aryl methyl sites for hydroxylation is 2. The molecule has 174 valence electrons. The Balaban J connectivity index is 1.50. The van der Waals surface area contributed by atoms with Gasteiger partial charge in [-0.2, -0.15) is 0 Å². The third kappa shape index (κ3) is 6.95. The molecule has 1 unspecified atom stereocenters. The maximum Gasteiger partial charge on any atom is 0.257 e. The van der Waals surface area contributed by atoms with Gasteiger partial charge in [-0.05, 0) is 58.2 Å². The van der Waals surface area contributed by atoms with Gasteiger partial charge in [0.15, 0.2) is 0 Å². The van der Waals surface area contributed by atoms with Crippen LogP contribution in [0.3, 0.4) is 0 Å². The van der Waals surface area contributed by atoms with Crippen LogP contribution in [0.25, 0.3) is 0 Å². The third-order valence-electron chi connectivity index (χ3n) is 6.27. The zero-order valence-corrected chi connectivity index (χ0v) is 19.7. The number of rotatable bonds is 10. The standard InChI is InChI=1S/C26H37N3O3/c1-20-10-7-8-15-28(20)16-9-14-27-25(30)13-17-29(19-23-11-5-4-6-12-23)26(31)24-18-21(2)32-22(24)3/h4-6,11-12,18,20H,7-10,13-17,19H2,1-3H3,(H,27,30). The average Bonchev–Trinajstić information content (AvgIpc) is 3.13. The van der Waals surface area contributed by atoms with Crippen molar-refractivity contribution in [2.75, 3.05) is 26.2 Å². The molecular formula is C26H37N3O3. The summed E-state index contributed by atoms with van der Waals surface area (Å²) in [6.45, 7) is 9.63. The van der Waals surface area contributed by atoms with Crippen molar-refractivity contribution in [1.82, 2.24) is 15.1 Å². The number of benzene rings is 1. The fourth-order valence-corrected chi connectivity index (χ4v) is 4.39. The van der Waals surface area contributed by atoms with E-state index < -0.39 is 0 Å². The Morgan fingerprint density at radius 3 is 2.66 bits per heavy atom. The number of likely N-dealkylation sites (tertiary alicyclic amines) is 1. The van der Waals surface area contributed by atoms with E-state index >= 15 is 0 Å². The monoisotopic (exact) mass is 439 g/mol. The lowest BCUT2D eigenvalue weighted by molar-refractivity contribution is -0.121. The van der Waals surface area contributed by atoms with E-state index in [1.807, 2.05) is 37.3 Å². The first-order chi connectivity index (χ1) is 15.4. The number of amides is 2. The van der Waals surface area contributed by atoms with E-state index in [1.165, 1.54) is 25.8 Å². The molecule has 0 bridgehead atoms. The van der Waals surface area contributed by atoms with Gasteiger partial charge in [-0.15, -0.1) is 0 Å². The lowest BCUT2D eigenvalue weighted by Crippen LogP contribution is -2.39. The molecule has 0 radical (unpaired) electrons. The first-order valence-corrected chi connectivity index (χ1v) is 11.8. The van der Waals surface area contributed by atoms with Crippen LogP contribution in [0.1, 0.15) is 66.5 Å². The van der Waals surface area contributed by atoms with Crippen LogP contribution in [0, 0.1) is 13.8 Å². The number of nitrogens with zero attached hydrogens (tertiary/aromatic N) is 2. The first-order valence-electron chi connectivity index (χ1n) is 11.8. The van der Waals surface area contributed by atoms with Gasteiger partial charge >= 0.3 is 0 Å². The van der Waals surface area contributed by atoms with Crippen molar-refractivity contribution in [3.8, 4) is 0 Å². The van der Waals surface area contributed by atoms with Gasteiger partial charge in [0, 0.05) is 38.6 Å².